The molecule has 0 bridgehead atoms. The Balaban J connectivity index is 1.96. The first-order chi connectivity index (χ1) is 14.7. The Morgan fingerprint density at radius 1 is 1.19 bits per heavy atom. The summed E-state index contributed by atoms with van der Waals surface area (Å²) >= 11 is 0. The molecule has 2 aromatic rings. The summed E-state index contributed by atoms with van der Waals surface area (Å²) in [5, 5.41) is 13.6. The number of ketones is 2. The number of fused-ring (bicyclic) bond motifs is 4. The summed E-state index contributed by atoms with van der Waals surface area (Å²) in [6, 6.07) is 4.84. The lowest BCUT2D eigenvalue weighted by molar-refractivity contribution is 0.0977. The average Bonchev–Trinajstić information content (AvgIpc) is 3.07. The van der Waals surface area contributed by atoms with Crippen LogP contribution in [0.5, 0.6) is 5.75 Å². The number of aliphatic hydroxyl groups is 1. The Morgan fingerprint density at radius 2 is 1.94 bits per heavy atom. The fourth-order valence-electron chi connectivity index (χ4n) is 4.28. The quantitative estimate of drug-likeness (QED) is 0.274. The number of rotatable bonds is 5. The number of hydrogen-bond donors (Lipinski definition) is 1. The van der Waals surface area contributed by atoms with Crippen LogP contribution in [-0.2, 0) is 27.3 Å². The second-order valence-corrected chi connectivity index (χ2v) is 8.87. The van der Waals surface area contributed by atoms with Gasteiger partial charge in [-0.05, 0) is 46.5 Å². The van der Waals surface area contributed by atoms with Gasteiger partial charge in [-0.25, -0.2) is 0 Å². The van der Waals surface area contributed by atoms with Crippen LogP contribution in [0, 0.1) is 0 Å². The fraction of sp³-hybridized carbons (Fsp3) is 0.300. The predicted molar refractivity (Wildman–Crippen MR) is 108 cm³/mol. The SMILES string of the molecule is COc1ccc2c(c1)C(=O)c1cc(CO)c3c(c1C2=O)CC(OS(C)(=O)=O)C3N=[N+]=[N-]. The lowest BCUT2D eigenvalue weighted by Gasteiger charge is -2.23. The zero-order chi connectivity index (χ0) is 22.5. The van der Waals surface area contributed by atoms with E-state index in [1.807, 2.05) is 0 Å². The summed E-state index contributed by atoms with van der Waals surface area (Å²) in [6.45, 7) is -0.509. The van der Waals surface area contributed by atoms with Gasteiger partial charge in [0.2, 0.25) is 0 Å². The van der Waals surface area contributed by atoms with Gasteiger partial charge < -0.3 is 9.84 Å². The molecule has 2 aromatic carbocycles. The lowest BCUT2D eigenvalue weighted by Crippen LogP contribution is -2.24. The van der Waals surface area contributed by atoms with Crippen molar-refractivity contribution >= 4 is 21.7 Å². The Hall–Kier alpha value is -3.24. The molecule has 1 N–H and O–H groups in total. The van der Waals surface area contributed by atoms with Crippen molar-refractivity contribution in [2.24, 2.45) is 5.11 Å². The molecule has 0 fully saturated rings. The first-order valence-corrected chi connectivity index (χ1v) is 11.0. The Labute approximate surface area is 177 Å². The van der Waals surface area contributed by atoms with E-state index in [4.69, 9.17) is 14.5 Å². The summed E-state index contributed by atoms with van der Waals surface area (Å²) in [4.78, 5) is 29.3. The van der Waals surface area contributed by atoms with Crippen LogP contribution < -0.4 is 4.74 Å². The molecule has 31 heavy (non-hydrogen) atoms. The molecular formula is C20H17N3O7S. The minimum absolute atomic E-state index is 0.0766. The average molecular weight is 443 g/mol. The zero-order valence-electron chi connectivity index (χ0n) is 16.5. The number of hydrogen-bond acceptors (Lipinski definition) is 8. The minimum atomic E-state index is -3.91. The maximum Gasteiger partial charge on any atom is 0.264 e. The van der Waals surface area contributed by atoms with Gasteiger partial charge in [0.05, 0.1) is 32.1 Å². The van der Waals surface area contributed by atoms with E-state index in [1.54, 1.807) is 6.07 Å². The summed E-state index contributed by atoms with van der Waals surface area (Å²) in [6.07, 6.45) is -0.311. The second-order valence-electron chi connectivity index (χ2n) is 7.27. The number of methoxy groups -OCH3 is 1. The number of carbonyl (C=O) groups excluding carboxylic acids is 2. The highest BCUT2D eigenvalue weighted by Gasteiger charge is 2.43. The van der Waals surface area contributed by atoms with Gasteiger partial charge in [0, 0.05) is 33.6 Å². The van der Waals surface area contributed by atoms with Crippen LogP contribution in [0.1, 0.15) is 54.6 Å². The molecule has 0 saturated carbocycles. The molecule has 0 aliphatic heterocycles. The minimum Gasteiger partial charge on any atom is -0.497 e. The molecule has 2 aliphatic carbocycles. The molecular weight excluding hydrogens is 426 g/mol. The van der Waals surface area contributed by atoms with Crippen LogP contribution in [0.3, 0.4) is 0 Å². The fourth-order valence-corrected chi connectivity index (χ4v) is 4.90. The summed E-state index contributed by atoms with van der Waals surface area (Å²) in [7, 11) is -2.47. The van der Waals surface area contributed by atoms with Crippen molar-refractivity contribution in [3.8, 4) is 5.75 Å². The van der Waals surface area contributed by atoms with Gasteiger partial charge in [0.25, 0.3) is 10.1 Å². The van der Waals surface area contributed by atoms with E-state index in [1.165, 1.54) is 25.3 Å². The normalized spacial score (nSPS) is 19.3. The van der Waals surface area contributed by atoms with Crippen molar-refractivity contribution < 1.29 is 32.0 Å². The van der Waals surface area contributed by atoms with E-state index < -0.39 is 40.4 Å². The van der Waals surface area contributed by atoms with Crippen molar-refractivity contribution in [3.05, 3.63) is 73.7 Å². The van der Waals surface area contributed by atoms with E-state index in [-0.39, 0.29) is 34.2 Å². The Morgan fingerprint density at radius 3 is 2.55 bits per heavy atom. The van der Waals surface area contributed by atoms with Crippen molar-refractivity contribution in [1.82, 2.24) is 0 Å². The van der Waals surface area contributed by atoms with Crippen molar-refractivity contribution in [2.75, 3.05) is 13.4 Å². The third-order valence-corrected chi connectivity index (χ3v) is 6.04. The standard InChI is InChI=1S/C20H17N3O7S/c1-29-10-3-4-11-12(6-10)19(25)14-5-9(8-24)16-13(17(14)20(11)26)7-15(18(16)22-23-21)30-31(2,27)28/h3-6,15,18,24H,7-8H2,1-2H3. The molecule has 10 nitrogen and oxygen atoms in total. The third-order valence-electron chi connectivity index (χ3n) is 5.45. The highest BCUT2D eigenvalue weighted by atomic mass is 32.2. The maximum atomic E-state index is 13.4. The highest BCUT2D eigenvalue weighted by molar-refractivity contribution is 7.86. The Bertz CT molecular complexity index is 1300. The van der Waals surface area contributed by atoms with E-state index in [0.717, 1.165) is 6.26 Å². The second kappa shape index (κ2) is 7.47. The van der Waals surface area contributed by atoms with Gasteiger partial charge in [0.1, 0.15) is 5.75 Å². The first kappa shape index (κ1) is 21.0. The topological polar surface area (TPSA) is 156 Å². The van der Waals surface area contributed by atoms with Crippen molar-refractivity contribution in [2.45, 2.75) is 25.2 Å². The first-order valence-electron chi connectivity index (χ1n) is 9.19. The molecule has 0 saturated heterocycles. The summed E-state index contributed by atoms with van der Waals surface area (Å²) in [5.41, 5.74) is 10.5. The van der Waals surface area contributed by atoms with E-state index in [0.29, 0.717) is 16.9 Å². The van der Waals surface area contributed by atoms with Crippen LogP contribution in [0.15, 0.2) is 29.4 Å². The van der Waals surface area contributed by atoms with Crippen LogP contribution in [-0.4, -0.2) is 44.6 Å². The number of carbonyl (C=O) groups is 2. The van der Waals surface area contributed by atoms with Gasteiger partial charge in [-0.1, -0.05) is 5.11 Å². The van der Waals surface area contributed by atoms with Crippen LogP contribution in [0.2, 0.25) is 0 Å². The maximum absolute atomic E-state index is 13.4. The van der Waals surface area contributed by atoms with Gasteiger partial charge >= 0.3 is 0 Å². The van der Waals surface area contributed by atoms with E-state index >= 15 is 0 Å². The predicted octanol–water partition coefficient (Wildman–Crippen LogP) is 2.22. The molecule has 2 aliphatic rings. The molecule has 0 spiro atoms. The van der Waals surface area contributed by atoms with E-state index in [2.05, 4.69) is 10.0 Å². The molecule has 2 atom stereocenters. The van der Waals surface area contributed by atoms with Gasteiger partial charge in [-0.2, -0.15) is 8.42 Å². The van der Waals surface area contributed by atoms with Crippen LogP contribution in [0.4, 0.5) is 0 Å². The molecule has 0 heterocycles. The number of nitrogens with zero attached hydrogens (tertiary/aromatic N) is 3. The molecule has 0 amide bonds. The smallest absolute Gasteiger partial charge is 0.264 e. The van der Waals surface area contributed by atoms with E-state index in [9.17, 15) is 23.1 Å². The number of azide groups is 1. The Kier molecular flexibility index (Phi) is 5.06. The highest BCUT2D eigenvalue weighted by Crippen LogP contribution is 2.44. The summed E-state index contributed by atoms with van der Waals surface area (Å²) in [5.74, 6) is -0.432. The molecule has 4 rings (SSSR count). The number of benzene rings is 2. The van der Waals surface area contributed by atoms with Crippen LogP contribution >= 0.6 is 0 Å². The number of aliphatic hydroxyl groups excluding tert-OH is 1. The van der Waals surface area contributed by atoms with Crippen molar-refractivity contribution in [3.63, 3.8) is 0 Å². The molecule has 0 aromatic heterocycles. The molecule has 0 radical (unpaired) electrons. The number of ether oxygens (including phenoxy) is 1. The van der Waals surface area contributed by atoms with Crippen molar-refractivity contribution in [1.29, 1.82) is 0 Å². The molecule has 160 valence electrons. The van der Waals surface area contributed by atoms with Gasteiger partial charge in [-0.15, -0.1) is 0 Å². The monoisotopic (exact) mass is 443 g/mol. The van der Waals surface area contributed by atoms with Gasteiger partial charge in [-0.3, -0.25) is 13.8 Å². The zero-order valence-corrected chi connectivity index (χ0v) is 17.3. The molecule has 2 unspecified atom stereocenters. The largest absolute Gasteiger partial charge is 0.497 e. The molecule has 11 heteroatoms. The lowest BCUT2D eigenvalue weighted by atomic mass is 9.79. The van der Waals surface area contributed by atoms with Crippen LogP contribution in [0.25, 0.3) is 10.4 Å². The van der Waals surface area contributed by atoms with Gasteiger partial charge in [0.15, 0.2) is 11.6 Å². The summed E-state index contributed by atoms with van der Waals surface area (Å²) < 4.78 is 33.7. The third kappa shape index (κ3) is 3.37.